The Labute approximate surface area is 144 Å². The zero-order valence-corrected chi connectivity index (χ0v) is 15.3. The number of methoxy groups -OCH3 is 4. The number of guanidine groups is 1. The summed E-state index contributed by atoms with van der Waals surface area (Å²) >= 11 is 0. The number of nitrogens with one attached hydrogen (secondary N) is 2. The number of aliphatic imine (C=N–C) groups is 1. The minimum absolute atomic E-state index is 0.461. The van der Waals surface area contributed by atoms with Crippen LogP contribution in [0.25, 0.3) is 0 Å². The van der Waals surface area contributed by atoms with Crippen LogP contribution in [0.2, 0.25) is 0 Å². The Morgan fingerprint density at radius 2 is 1.62 bits per heavy atom. The number of hydrogen-bond acceptors (Lipinski definition) is 5. The molecule has 0 aliphatic carbocycles. The Bertz CT molecular complexity index is 521. The molecule has 0 saturated heterocycles. The maximum Gasteiger partial charge on any atom is 0.191 e. The molecule has 0 amide bonds. The lowest BCUT2D eigenvalue weighted by atomic mass is 10.1. The fraction of sp³-hybridized carbons (Fsp3) is 0.588. The van der Waals surface area contributed by atoms with Crippen LogP contribution >= 0.6 is 0 Å². The molecule has 7 heteroatoms. The normalized spacial score (nSPS) is 11.1. The first-order chi connectivity index (χ1) is 11.7. The molecule has 0 unspecified atom stereocenters. The van der Waals surface area contributed by atoms with Gasteiger partial charge in [-0.3, -0.25) is 0 Å². The van der Waals surface area contributed by atoms with E-state index >= 15 is 0 Å². The van der Waals surface area contributed by atoms with Crippen molar-refractivity contribution in [2.75, 3.05) is 48.1 Å². The van der Waals surface area contributed by atoms with Crippen LogP contribution in [-0.2, 0) is 11.3 Å². The van der Waals surface area contributed by atoms with Gasteiger partial charge in [0.2, 0.25) is 0 Å². The molecule has 0 aliphatic rings. The van der Waals surface area contributed by atoms with E-state index in [1.54, 1.807) is 28.4 Å². The summed E-state index contributed by atoms with van der Waals surface area (Å²) < 4.78 is 21.1. The predicted octanol–water partition coefficient (Wildman–Crippen LogP) is 1.80. The second-order valence-electron chi connectivity index (χ2n) is 4.99. The number of hydrogen-bond donors (Lipinski definition) is 2. The summed E-state index contributed by atoms with van der Waals surface area (Å²) in [7, 11) is 6.53. The summed E-state index contributed by atoms with van der Waals surface area (Å²) in [5, 5.41) is 6.50. The van der Waals surface area contributed by atoms with Crippen LogP contribution in [0.4, 0.5) is 0 Å². The van der Waals surface area contributed by atoms with Gasteiger partial charge in [0.25, 0.3) is 0 Å². The second-order valence-corrected chi connectivity index (χ2v) is 4.99. The lowest BCUT2D eigenvalue weighted by Gasteiger charge is -2.14. The molecule has 1 aromatic carbocycles. The van der Waals surface area contributed by atoms with Crippen molar-refractivity contribution in [3.05, 3.63) is 17.7 Å². The van der Waals surface area contributed by atoms with Gasteiger partial charge in [-0.25, -0.2) is 4.99 Å². The highest BCUT2D eigenvalue weighted by molar-refractivity contribution is 5.79. The first kappa shape index (κ1) is 19.9. The standard InChI is InChI=1S/C17H29N3O4/c1-6-18-17(19-8-7-9-21-2)20-12-13-10-15(23-4)16(24-5)11-14(13)22-3/h10-11H,6-9,12H2,1-5H3,(H2,18,19,20). The van der Waals surface area contributed by atoms with Gasteiger partial charge in [-0.05, 0) is 19.4 Å². The number of rotatable bonds is 10. The molecule has 0 fully saturated rings. The van der Waals surface area contributed by atoms with E-state index in [4.69, 9.17) is 18.9 Å². The van der Waals surface area contributed by atoms with Gasteiger partial charge >= 0.3 is 0 Å². The van der Waals surface area contributed by atoms with Gasteiger partial charge in [0.05, 0.1) is 27.9 Å². The third-order valence-electron chi connectivity index (χ3n) is 3.36. The van der Waals surface area contributed by atoms with Crippen LogP contribution in [0, 0.1) is 0 Å². The number of benzene rings is 1. The Balaban J connectivity index is 2.86. The van der Waals surface area contributed by atoms with Crippen LogP contribution in [0.1, 0.15) is 18.9 Å². The maximum atomic E-state index is 5.43. The van der Waals surface area contributed by atoms with Crippen molar-refractivity contribution < 1.29 is 18.9 Å². The van der Waals surface area contributed by atoms with E-state index in [0.29, 0.717) is 23.8 Å². The third kappa shape index (κ3) is 6.16. The van der Waals surface area contributed by atoms with E-state index in [-0.39, 0.29) is 0 Å². The molecule has 7 nitrogen and oxygen atoms in total. The van der Waals surface area contributed by atoms with E-state index < -0.39 is 0 Å². The minimum atomic E-state index is 0.461. The lowest BCUT2D eigenvalue weighted by Crippen LogP contribution is -2.38. The monoisotopic (exact) mass is 339 g/mol. The molecule has 0 heterocycles. The average molecular weight is 339 g/mol. The van der Waals surface area contributed by atoms with Gasteiger partial charge in [0.15, 0.2) is 17.5 Å². The molecule has 24 heavy (non-hydrogen) atoms. The molecule has 0 radical (unpaired) electrons. The highest BCUT2D eigenvalue weighted by Gasteiger charge is 2.11. The van der Waals surface area contributed by atoms with Gasteiger partial charge < -0.3 is 29.6 Å². The van der Waals surface area contributed by atoms with E-state index in [0.717, 1.165) is 37.6 Å². The molecule has 0 bridgehead atoms. The first-order valence-electron chi connectivity index (χ1n) is 8.00. The lowest BCUT2D eigenvalue weighted by molar-refractivity contribution is 0.195. The molecule has 1 rings (SSSR count). The van der Waals surface area contributed by atoms with Crippen LogP contribution in [0.3, 0.4) is 0 Å². The topological polar surface area (TPSA) is 73.3 Å². The molecule has 136 valence electrons. The van der Waals surface area contributed by atoms with Crippen LogP contribution in [0.5, 0.6) is 17.2 Å². The molecular weight excluding hydrogens is 310 g/mol. The summed E-state index contributed by atoms with van der Waals surface area (Å²) in [4.78, 5) is 4.60. The second kappa shape index (κ2) is 11.4. The Hall–Kier alpha value is -2.15. The average Bonchev–Trinajstić information content (AvgIpc) is 2.62. The van der Waals surface area contributed by atoms with Gasteiger partial charge in [-0.2, -0.15) is 0 Å². The molecule has 1 aromatic rings. The summed E-state index contributed by atoms with van der Waals surface area (Å²) in [5.41, 5.74) is 0.921. The highest BCUT2D eigenvalue weighted by atomic mass is 16.5. The molecule has 2 N–H and O–H groups in total. The molecule has 0 atom stereocenters. The SMILES string of the molecule is CCNC(=NCc1cc(OC)c(OC)cc1OC)NCCCOC. The minimum Gasteiger partial charge on any atom is -0.496 e. The third-order valence-corrected chi connectivity index (χ3v) is 3.36. The van der Waals surface area contributed by atoms with E-state index in [2.05, 4.69) is 15.6 Å². The van der Waals surface area contributed by atoms with E-state index in [1.807, 2.05) is 19.1 Å². The molecule has 0 saturated carbocycles. The molecule has 0 aliphatic heterocycles. The number of ether oxygens (including phenoxy) is 4. The van der Waals surface area contributed by atoms with Crippen LogP contribution < -0.4 is 24.8 Å². The van der Waals surface area contributed by atoms with Gasteiger partial charge in [0.1, 0.15) is 5.75 Å². The van der Waals surface area contributed by atoms with Gasteiger partial charge in [-0.15, -0.1) is 0 Å². The van der Waals surface area contributed by atoms with Crippen molar-refractivity contribution >= 4 is 5.96 Å². The predicted molar refractivity (Wildman–Crippen MR) is 95.4 cm³/mol. The summed E-state index contributed by atoms with van der Waals surface area (Å²) in [6, 6.07) is 3.69. The van der Waals surface area contributed by atoms with Crippen LogP contribution in [0.15, 0.2) is 17.1 Å². The molecular formula is C17H29N3O4. The van der Waals surface area contributed by atoms with Crippen molar-refractivity contribution in [1.29, 1.82) is 0 Å². The number of nitrogens with zero attached hydrogens (tertiary/aromatic N) is 1. The zero-order chi connectivity index (χ0) is 17.8. The van der Waals surface area contributed by atoms with Crippen molar-refractivity contribution in [2.45, 2.75) is 19.9 Å². The Kier molecular flexibility index (Phi) is 9.45. The zero-order valence-electron chi connectivity index (χ0n) is 15.3. The summed E-state index contributed by atoms with van der Waals surface area (Å²) in [5.74, 6) is 2.75. The Morgan fingerprint density at radius 3 is 2.21 bits per heavy atom. The largest absolute Gasteiger partial charge is 0.496 e. The smallest absolute Gasteiger partial charge is 0.191 e. The highest BCUT2D eigenvalue weighted by Crippen LogP contribution is 2.34. The molecule has 0 aromatic heterocycles. The van der Waals surface area contributed by atoms with Crippen molar-refractivity contribution in [3.8, 4) is 17.2 Å². The van der Waals surface area contributed by atoms with E-state index in [1.165, 1.54) is 0 Å². The van der Waals surface area contributed by atoms with E-state index in [9.17, 15) is 0 Å². The first-order valence-corrected chi connectivity index (χ1v) is 8.00. The van der Waals surface area contributed by atoms with Crippen molar-refractivity contribution in [2.24, 2.45) is 4.99 Å². The maximum absolute atomic E-state index is 5.43. The fourth-order valence-electron chi connectivity index (χ4n) is 2.15. The van der Waals surface area contributed by atoms with Gasteiger partial charge in [0, 0.05) is 38.4 Å². The van der Waals surface area contributed by atoms with Crippen molar-refractivity contribution in [1.82, 2.24) is 10.6 Å². The van der Waals surface area contributed by atoms with Crippen molar-refractivity contribution in [3.63, 3.8) is 0 Å². The molecule has 0 spiro atoms. The summed E-state index contributed by atoms with van der Waals surface area (Å²) in [6.07, 6.45) is 0.917. The van der Waals surface area contributed by atoms with Crippen LogP contribution in [-0.4, -0.2) is 54.1 Å². The Morgan fingerprint density at radius 1 is 0.958 bits per heavy atom. The quantitative estimate of drug-likeness (QED) is 0.385. The van der Waals surface area contributed by atoms with Gasteiger partial charge in [-0.1, -0.05) is 0 Å². The fourth-order valence-corrected chi connectivity index (χ4v) is 2.15. The summed E-state index contributed by atoms with van der Waals surface area (Å²) in [6.45, 7) is 4.80.